The topological polar surface area (TPSA) is 78.9 Å². The third-order valence-corrected chi connectivity index (χ3v) is 4.64. The molecule has 0 spiro atoms. The molecule has 18 heavy (non-hydrogen) atoms. The molecule has 0 radical (unpaired) electrons. The van der Waals surface area contributed by atoms with Gasteiger partial charge in [0.1, 0.15) is 0 Å². The minimum absolute atomic E-state index is 0.171. The first-order valence-electron chi connectivity index (χ1n) is 5.96. The Morgan fingerprint density at radius 2 is 1.44 bits per heavy atom. The van der Waals surface area contributed by atoms with Crippen molar-refractivity contribution in [2.45, 2.75) is 53.0 Å². The summed E-state index contributed by atoms with van der Waals surface area (Å²) in [5, 5.41) is 0. The maximum Gasteiger partial charge on any atom is 0.704 e. The van der Waals surface area contributed by atoms with Crippen molar-refractivity contribution in [3.63, 3.8) is 0 Å². The molecule has 6 nitrogen and oxygen atoms in total. The Labute approximate surface area is 108 Å². The van der Waals surface area contributed by atoms with E-state index in [0.717, 1.165) is 6.42 Å². The van der Waals surface area contributed by atoms with E-state index < -0.39 is 26.7 Å². The fourth-order valence-electron chi connectivity index (χ4n) is 1.26. The third kappa shape index (κ3) is 6.38. The van der Waals surface area contributed by atoms with Gasteiger partial charge in [-0.1, -0.05) is 20.3 Å². The van der Waals surface area contributed by atoms with Crippen LogP contribution in [0.1, 0.15) is 47.0 Å². The van der Waals surface area contributed by atoms with Gasteiger partial charge in [0.15, 0.2) is 0 Å². The van der Waals surface area contributed by atoms with Crippen LogP contribution in [0.5, 0.6) is 0 Å². The zero-order valence-corrected chi connectivity index (χ0v) is 12.3. The number of rotatable bonds is 7. The number of hydrogen-bond donors (Lipinski definition) is 0. The summed E-state index contributed by atoms with van der Waals surface area (Å²) in [6.45, 7) is 5.95. The van der Waals surface area contributed by atoms with E-state index >= 15 is 0 Å². The average molecular weight is 276 g/mol. The van der Waals surface area contributed by atoms with Crippen LogP contribution in [0.25, 0.3) is 0 Å². The van der Waals surface area contributed by atoms with Gasteiger partial charge >= 0.3 is 8.80 Å². The van der Waals surface area contributed by atoms with Crippen molar-refractivity contribution in [2.24, 2.45) is 0 Å². The average Bonchev–Trinajstić information content (AvgIpc) is 2.24. The number of carbonyl (C=O) groups is 3. The molecule has 0 aliphatic heterocycles. The molecule has 0 fully saturated rings. The molecule has 0 aromatic rings. The number of hydrogen-bond acceptors (Lipinski definition) is 6. The van der Waals surface area contributed by atoms with E-state index in [0.29, 0.717) is 6.42 Å². The second-order valence-corrected chi connectivity index (χ2v) is 6.49. The van der Waals surface area contributed by atoms with E-state index in [9.17, 15) is 14.4 Å². The molecule has 7 heteroatoms. The SMILES string of the molecule is CCCCC(=O)O[Si](CC)(OC(C)=O)OC(C)=O. The largest absolute Gasteiger partial charge is 0.704 e. The van der Waals surface area contributed by atoms with Crippen molar-refractivity contribution in [3.05, 3.63) is 0 Å². The van der Waals surface area contributed by atoms with E-state index in [4.69, 9.17) is 13.3 Å². The van der Waals surface area contributed by atoms with Crippen molar-refractivity contribution < 1.29 is 27.7 Å². The molecule has 0 heterocycles. The normalized spacial score (nSPS) is 10.7. The lowest BCUT2D eigenvalue weighted by Crippen LogP contribution is -2.49. The van der Waals surface area contributed by atoms with Crippen LogP contribution in [0, 0.1) is 0 Å². The van der Waals surface area contributed by atoms with Gasteiger partial charge in [0.2, 0.25) is 0 Å². The van der Waals surface area contributed by atoms with Crippen LogP contribution in [-0.2, 0) is 27.7 Å². The molecule has 0 aromatic carbocycles. The van der Waals surface area contributed by atoms with Gasteiger partial charge in [-0.05, 0) is 6.42 Å². The summed E-state index contributed by atoms with van der Waals surface area (Å²) in [4.78, 5) is 33.6. The van der Waals surface area contributed by atoms with Crippen LogP contribution in [0.15, 0.2) is 0 Å². The van der Waals surface area contributed by atoms with Gasteiger partial charge in [-0.15, -0.1) is 0 Å². The van der Waals surface area contributed by atoms with Crippen molar-refractivity contribution >= 4 is 26.7 Å². The molecule has 0 aromatic heterocycles. The Bertz CT molecular complexity index is 299. The molecule has 0 bridgehead atoms. The molecule has 0 aliphatic carbocycles. The fraction of sp³-hybridized carbons (Fsp3) is 0.727. The zero-order chi connectivity index (χ0) is 14.2. The predicted molar refractivity (Wildman–Crippen MR) is 65.4 cm³/mol. The quantitative estimate of drug-likeness (QED) is 0.660. The first kappa shape index (κ1) is 16.6. The summed E-state index contributed by atoms with van der Waals surface area (Å²) in [6.07, 6.45) is 1.73. The zero-order valence-electron chi connectivity index (χ0n) is 11.3. The number of unbranched alkanes of at least 4 members (excludes halogenated alkanes) is 1. The van der Waals surface area contributed by atoms with E-state index in [-0.39, 0.29) is 12.5 Å². The monoisotopic (exact) mass is 276 g/mol. The highest BCUT2D eigenvalue weighted by Gasteiger charge is 2.50. The van der Waals surface area contributed by atoms with Gasteiger partial charge in [-0.3, -0.25) is 14.4 Å². The van der Waals surface area contributed by atoms with Crippen LogP contribution in [0.2, 0.25) is 6.04 Å². The standard InChI is InChI=1S/C11H20O6Si/c1-5-7-8-11(14)17-18(6-2,15-9(3)12)16-10(4)13/h5-8H2,1-4H3. The molecule has 0 N–H and O–H groups in total. The van der Waals surface area contributed by atoms with Crippen LogP contribution in [-0.4, -0.2) is 26.7 Å². The Balaban J connectivity index is 4.76. The summed E-state index contributed by atoms with van der Waals surface area (Å²) in [6, 6.07) is 0.171. The summed E-state index contributed by atoms with van der Waals surface area (Å²) in [5.74, 6) is -1.77. The lowest BCUT2D eigenvalue weighted by molar-refractivity contribution is -0.148. The highest BCUT2D eigenvalue weighted by Crippen LogP contribution is 2.17. The van der Waals surface area contributed by atoms with Crippen molar-refractivity contribution in [1.82, 2.24) is 0 Å². The van der Waals surface area contributed by atoms with Gasteiger partial charge in [-0.2, -0.15) is 0 Å². The summed E-state index contributed by atoms with van der Waals surface area (Å²) in [5.41, 5.74) is 0. The molecule has 0 unspecified atom stereocenters. The van der Waals surface area contributed by atoms with Gasteiger partial charge in [0, 0.05) is 20.3 Å². The van der Waals surface area contributed by atoms with E-state index in [1.807, 2.05) is 6.92 Å². The molecular formula is C11H20O6Si. The van der Waals surface area contributed by atoms with Crippen molar-refractivity contribution in [3.8, 4) is 0 Å². The highest BCUT2D eigenvalue weighted by molar-refractivity contribution is 6.65. The number of carbonyl (C=O) groups excluding carboxylic acids is 3. The Kier molecular flexibility index (Phi) is 7.26. The molecule has 0 aliphatic rings. The minimum Gasteiger partial charge on any atom is -0.455 e. The summed E-state index contributed by atoms with van der Waals surface area (Å²) >= 11 is 0. The molecule has 0 rings (SSSR count). The molecule has 0 saturated heterocycles. The van der Waals surface area contributed by atoms with E-state index in [1.165, 1.54) is 13.8 Å². The van der Waals surface area contributed by atoms with Gasteiger partial charge in [-0.25, -0.2) is 0 Å². The molecule has 104 valence electrons. The van der Waals surface area contributed by atoms with E-state index in [1.54, 1.807) is 6.92 Å². The third-order valence-electron chi connectivity index (χ3n) is 2.04. The van der Waals surface area contributed by atoms with Crippen LogP contribution < -0.4 is 0 Å². The first-order valence-corrected chi connectivity index (χ1v) is 7.89. The molecule has 0 amide bonds. The summed E-state index contributed by atoms with van der Waals surface area (Å²) < 4.78 is 15.0. The van der Waals surface area contributed by atoms with Crippen molar-refractivity contribution in [1.29, 1.82) is 0 Å². The van der Waals surface area contributed by atoms with Crippen molar-refractivity contribution in [2.75, 3.05) is 0 Å². The maximum atomic E-state index is 11.6. The highest BCUT2D eigenvalue weighted by atomic mass is 28.4. The second-order valence-electron chi connectivity index (χ2n) is 3.80. The molecule has 0 saturated carbocycles. The summed E-state index contributed by atoms with van der Waals surface area (Å²) in [7, 11) is -3.56. The Morgan fingerprint density at radius 3 is 1.78 bits per heavy atom. The lowest BCUT2D eigenvalue weighted by Gasteiger charge is -2.25. The first-order chi connectivity index (χ1) is 8.35. The van der Waals surface area contributed by atoms with Crippen LogP contribution >= 0.6 is 0 Å². The molecular weight excluding hydrogens is 256 g/mol. The maximum absolute atomic E-state index is 11.6. The van der Waals surface area contributed by atoms with Crippen LogP contribution in [0.4, 0.5) is 0 Å². The lowest BCUT2D eigenvalue weighted by atomic mass is 10.3. The van der Waals surface area contributed by atoms with Crippen LogP contribution in [0.3, 0.4) is 0 Å². The van der Waals surface area contributed by atoms with E-state index in [2.05, 4.69) is 0 Å². The minimum atomic E-state index is -3.56. The second kappa shape index (κ2) is 7.86. The van der Waals surface area contributed by atoms with Gasteiger partial charge in [0.25, 0.3) is 17.9 Å². The Morgan fingerprint density at radius 1 is 0.944 bits per heavy atom. The smallest absolute Gasteiger partial charge is 0.455 e. The van der Waals surface area contributed by atoms with Gasteiger partial charge in [0.05, 0.1) is 6.04 Å². The Hall–Kier alpha value is -1.37. The van der Waals surface area contributed by atoms with Gasteiger partial charge < -0.3 is 13.3 Å². The predicted octanol–water partition coefficient (Wildman–Crippen LogP) is 1.80. The fourth-order valence-corrected chi connectivity index (χ4v) is 3.15. The molecule has 0 atom stereocenters.